The molecule has 1 heterocycles. The predicted octanol–water partition coefficient (Wildman–Crippen LogP) is 3.31. The van der Waals surface area contributed by atoms with Gasteiger partial charge in [0.15, 0.2) is 0 Å². The van der Waals surface area contributed by atoms with E-state index in [2.05, 4.69) is 17.2 Å². The summed E-state index contributed by atoms with van der Waals surface area (Å²) in [5, 5.41) is 3.23. The molecule has 0 bridgehead atoms. The average Bonchev–Trinajstić information content (AvgIpc) is 2.44. The van der Waals surface area contributed by atoms with Crippen molar-refractivity contribution < 1.29 is 4.39 Å². The molecular formula is C16H19FN2. The van der Waals surface area contributed by atoms with Crippen LogP contribution >= 0.6 is 0 Å². The van der Waals surface area contributed by atoms with E-state index in [9.17, 15) is 4.39 Å². The molecular weight excluding hydrogens is 239 g/mol. The highest BCUT2D eigenvalue weighted by atomic mass is 19.1. The number of pyridine rings is 1. The fourth-order valence-electron chi connectivity index (χ4n) is 2.01. The fraction of sp³-hybridized carbons (Fsp3) is 0.312. The fourth-order valence-corrected chi connectivity index (χ4v) is 2.01. The maximum atomic E-state index is 13.7. The zero-order valence-corrected chi connectivity index (χ0v) is 11.2. The second-order valence-corrected chi connectivity index (χ2v) is 4.63. The maximum absolute atomic E-state index is 13.7. The van der Waals surface area contributed by atoms with Gasteiger partial charge in [0.1, 0.15) is 5.82 Å². The van der Waals surface area contributed by atoms with E-state index in [1.165, 1.54) is 5.56 Å². The zero-order chi connectivity index (χ0) is 13.5. The number of halogens is 1. The molecule has 19 heavy (non-hydrogen) atoms. The first-order valence-electron chi connectivity index (χ1n) is 6.66. The number of hydrogen-bond donors (Lipinski definition) is 1. The van der Waals surface area contributed by atoms with E-state index in [1.807, 2.05) is 24.3 Å². The molecule has 0 aliphatic rings. The van der Waals surface area contributed by atoms with Crippen LogP contribution in [0.25, 0.3) is 0 Å². The second kappa shape index (κ2) is 7.00. The minimum atomic E-state index is -0.137. The molecule has 0 saturated heterocycles. The predicted molar refractivity (Wildman–Crippen MR) is 75.4 cm³/mol. The minimum absolute atomic E-state index is 0.137. The van der Waals surface area contributed by atoms with Crippen LogP contribution in [-0.2, 0) is 13.0 Å². The molecule has 0 saturated carbocycles. The van der Waals surface area contributed by atoms with Gasteiger partial charge in [0.25, 0.3) is 0 Å². The van der Waals surface area contributed by atoms with E-state index < -0.39 is 0 Å². The van der Waals surface area contributed by atoms with E-state index in [0.29, 0.717) is 6.54 Å². The number of aromatic nitrogens is 1. The lowest BCUT2D eigenvalue weighted by molar-refractivity contribution is 0.585. The van der Waals surface area contributed by atoms with Crippen LogP contribution in [-0.4, -0.2) is 11.5 Å². The molecule has 1 N–H and O–H groups in total. The summed E-state index contributed by atoms with van der Waals surface area (Å²) in [5.74, 6) is -0.137. The Labute approximate surface area is 113 Å². The van der Waals surface area contributed by atoms with Gasteiger partial charge in [-0.3, -0.25) is 4.98 Å². The van der Waals surface area contributed by atoms with Crippen LogP contribution in [0.4, 0.5) is 4.39 Å². The molecule has 3 heteroatoms. The van der Waals surface area contributed by atoms with Crippen molar-refractivity contribution in [2.45, 2.75) is 26.3 Å². The Morgan fingerprint density at radius 2 is 1.89 bits per heavy atom. The summed E-state index contributed by atoms with van der Waals surface area (Å²) in [4.78, 5) is 4.00. The Hall–Kier alpha value is -1.74. The first kappa shape index (κ1) is 13.7. The number of nitrogens with one attached hydrogen (secondary N) is 1. The first-order valence-corrected chi connectivity index (χ1v) is 6.66. The molecule has 2 aromatic rings. The lowest BCUT2D eigenvalue weighted by atomic mass is 10.0. The molecule has 0 aliphatic carbocycles. The highest BCUT2D eigenvalue weighted by molar-refractivity contribution is 5.29. The van der Waals surface area contributed by atoms with Crippen LogP contribution in [0, 0.1) is 5.82 Å². The quantitative estimate of drug-likeness (QED) is 0.804. The van der Waals surface area contributed by atoms with E-state index in [-0.39, 0.29) is 5.82 Å². The van der Waals surface area contributed by atoms with Crippen molar-refractivity contribution in [3.63, 3.8) is 0 Å². The summed E-state index contributed by atoms with van der Waals surface area (Å²) in [5.41, 5.74) is 3.05. The zero-order valence-electron chi connectivity index (χ0n) is 11.2. The van der Waals surface area contributed by atoms with E-state index in [1.54, 1.807) is 18.5 Å². The van der Waals surface area contributed by atoms with Crippen molar-refractivity contribution in [1.82, 2.24) is 10.3 Å². The molecule has 0 atom stereocenters. The van der Waals surface area contributed by atoms with Gasteiger partial charge in [-0.05, 0) is 48.7 Å². The maximum Gasteiger partial charge on any atom is 0.127 e. The lowest BCUT2D eigenvalue weighted by Crippen LogP contribution is -2.15. The van der Waals surface area contributed by atoms with Gasteiger partial charge in [-0.2, -0.15) is 0 Å². The van der Waals surface area contributed by atoms with E-state index in [0.717, 1.165) is 30.5 Å². The minimum Gasteiger partial charge on any atom is -0.313 e. The van der Waals surface area contributed by atoms with Crippen molar-refractivity contribution >= 4 is 0 Å². The van der Waals surface area contributed by atoms with Crippen molar-refractivity contribution in [1.29, 1.82) is 0 Å². The summed E-state index contributed by atoms with van der Waals surface area (Å²) in [6, 6.07) is 9.31. The Morgan fingerprint density at radius 3 is 2.63 bits per heavy atom. The standard InChI is InChI=1S/C16H19FN2/c1-2-7-19-12-15-11-14(3-4-16(15)17)10-13-5-8-18-9-6-13/h3-6,8-9,11,19H,2,7,10,12H2,1H3. The van der Waals surface area contributed by atoms with Gasteiger partial charge in [-0.1, -0.05) is 19.1 Å². The van der Waals surface area contributed by atoms with Gasteiger partial charge in [0.05, 0.1) is 0 Å². The number of hydrogen-bond acceptors (Lipinski definition) is 2. The van der Waals surface area contributed by atoms with Gasteiger partial charge in [-0.25, -0.2) is 4.39 Å². The smallest absolute Gasteiger partial charge is 0.127 e. The molecule has 100 valence electrons. The third kappa shape index (κ3) is 4.14. The second-order valence-electron chi connectivity index (χ2n) is 4.63. The first-order chi connectivity index (χ1) is 9.29. The Morgan fingerprint density at radius 1 is 1.11 bits per heavy atom. The molecule has 1 aromatic carbocycles. The molecule has 0 amide bonds. The molecule has 0 radical (unpaired) electrons. The van der Waals surface area contributed by atoms with Crippen molar-refractivity contribution in [2.75, 3.05) is 6.54 Å². The molecule has 0 aliphatic heterocycles. The largest absolute Gasteiger partial charge is 0.313 e. The van der Waals surface area contributed by atoms with E-state index >= 15 is 0 Å². The monoisotopic (exact) mass is 258 g/mol. The number of rotatable bonds is 6. The summed E-state index contributed by atoms with van der Waals surface area (Å²) >= 11 is 0. The Kier molecular flexibility index (Phi) is 5.04. The van der Waals surface area contributed by atoms with E-state index in [4.69, 9.17) is 0 Å². The van der Waals surface area contributed by atoms with Crippen molar-refractivity contribution in [3.05, 3.63) is 65.2 Å². The van der Waals surface area contributed by atoms with Gasteiger partial charge < -0.3 is 5.32 Å². The Balaban J connectivity index is 2.07. The van der Waals surface area contributed by atoms with Crippen LogP contribution in [0.1, 0.15) is 30.0 Å². The van der Waals surface area contributed by atoms with Crippen LogP contribution in [0.3, 0.4) is 0 Å². The average molecular weight is 258 g/mol. The van der Waals surface area contributed by atoms with Crippen molar-refractivity contribution in [2.24, 2.45) is 0 Å². The normalized spacial score (nSPS) is 10.6. The van der Waals surface area contributed by atoms with Gasteiger partial charge in [0.2, 0.25) is 0 Å². The van der Waals surface area contributed by atoms with Crippen LogP contribution in [0.15, 0.2) is 42.7 Å². The third-order valence-corrected chi connectivity index (χ3v) is 3.01. The topological polar surface area (TPSA) is 24.9 Å². The molecule has 2 nitrogen and oxygen atoms in total. The highest BCUT2D eigenvalue weighted by Gasteiger charge is 2.04. The van der Waals surface area contributed by atoms with Gasteiger partial charge in [-0.15, -0.1) is 0 Å². The third-order valence-electron chi connectivity index (χ3n) is 3.01. The highest BCUT2D eigenvalue weighted by Crippen LogP contribution is 2.14. The van der Waals surface area contributed by atoms with Crippen LogP contribution in [0.2, 0.25) is 0 Å². The summed E-state index contributed by atoms with van der Waals surface area (Å²) < 4.78 is 13.7. The SMILES string of the molecule is CCCNCc1cc(Cc2ccncc2)ccc1F. The van der Waals surface area contributed by atoms with Crippen LogP contribution in [0.5, 0.6) is 0 Å². The van der Waals surface area contributed by atoms with Crippen LogP contribution < -0.4 is 5.32 Å². The summed E-state index contributed by atoms with van der Waals surface area (Å²) in [6.45, 7) is 3.60. The van der Waals surface area contributed by atoms with Gasteiger partial charge >= 0.3 is 0 Å². The van der Waals surface area contributed by atoms with Crippen molar-refractivity contribution in [3.8, 4) is 0 Å². The summed E-state index contributed by atoms with van der Waals surface area (Å²) in [6.07, 6.45) is 5.42. The molecule has 1 aromatic heterocycles. The summed E-state index contributed by atoms with van der Waals surface area (Å²) in [7, 11) is 0. The lowest BCUT2D eigenvalue weighted by Gasteiger charge is -2.08. The number of benzene rings is 1. The van der Waals surface area contributed by atoms with Gasteiger partial charge in [0, 0.05) is 24.5 Å². The Bertz CT molecular complexity index is 511. The molecule has 0 unspecified atom stereocenters. The molecule has 2 rings (SSSR count). The molecule has 0 fully saturated rings. The number of nitrogens with zero attached hydrogens (tertiary/aromatic N) is 1. The molecule has 0 spiro atoms.